The molecule has 2 heterocycles. The van der Waals surface area contributed by atoms with Crippen molar-refractivity contribution in [3.63, 3.8) is 0 Å². The Bertz CT molecular complexity index is 436. The molecular weight excluding hydrogens is 260 g/mol. The van der Waals surface area contributed by atoms with E-state index in [1.165, 1.54) is 9.75 Å². The van der Waals surface area contributed by atoms with E-state index < -0.39 is 0 Å². The van der Waals surface area contributed by atoms with E-state index >= 15 is 0 Å². The monoisotopic (exact) mass is 280 g/mol. The third-order valence-electron chi connectivity index (χ3n) is 3.36. The van der Waals surface area contributed by atoms with E-state index in [0.29, 0.717) is 18.6 Å². The predicted molar refractivity (Wildman–Crippen MR) is 81.4 cm³/mol. The molecule has 0 amide bonds. The van der Waals surface area contributed by atoms with E-state index in [4.69, 9.17) is 5.73 Å². The summed E-state index contributed by atoms with van der Waals surface area (Å²) in [6.07, 6.45) is 1.09. The highest BCUT2D eigenvalue weighted by Crippen LogP contribution is 2.26. The highest BCUT2D eigenvalue weighted by molar-refractivity contribution is 7.10. The van der Waals surface area contributed by atoms with E-state index in [1.54, 1.807) is 11.3 Å². The molecule has 0 saturated heterocycles. The van der Waals surface area contributed by atoms with Gasteiger partial charge in [0, 0.05) is 22.3 Å². The minimum absolute atomic E-state index is 0.333. The molecule has 2 atom stereocenters. The first-order chi connectivity index (χ1) is 8.72. The van der Waals surface area contributed by atoms with Gasteiger partial charge in [0.05, 0.1) is 6.04 Å². The molecule has 2 N–H and O–H groups in total. The predicted octanol–water partition coefficient (Wildman–Crippen LogP) is 3.37. The van der Waals surface area contributed by atoms with Crippen LogP contribution in [0.4, 0.5) is 0 Å². The van der Waals surface area contributed by atoms with E-state index in [1.807, 2.05) is 11.3 Å². The van der Waals surface area contributed by atoms with Crippen LogP contribution >= 0.6 is 22.7 Å². The molecule has 0 aliphatic rings. The molecule has 2 aromatic heterocycles. The molecule has 2 nitrogen and oxygen atoms in total. The number of hydrogen-bond acceptors (Lipinski definition) is 4. The minimum Gasteiger partial charge on any atom is -0.329 e. The van der Waals surface area contributed by atoms with Crippen molar-refractivity contribution in [2.75, 3.05) is 13.6 Å². The van der Waals surface area contributed by atoms with Gasteiger partial charge in [0.15, 0.2) is 0 Å². The van der Waals surface area contributed by atoms with Gasteiger partial charge < -0.3 is 5.73 Å². The van der Waals surface area contributed by atoms with Gasteiger partial charge in [-0.3, -0.25) is 4.90 Å². The summed E-state index contributed by atoms with van der Waals surface area (Å²) in [5.74, 6) is 0. The first kappa shape index (κ1) is 13.7. The Kier molecular flexibility index (Phi) is 4.95. The summed E-state index contributed by atoms with van der Waals surface area (Å²) < 4.78 is 0. The molecule has 4 heteroatoms. The molecule has 0 aliphatic carbocycles. The van der Waals surface area contributed by atoms with Crippen LogP contribution in [0.5, 0.6) is 0 Å². The van der Waals surface area contributed by atoms with Gasteiger partial charge in [-0.1, -0.05) is 12.1 Å². The van der Waals surface area contributed by atoms with E-state index in [-0.39, 0.29) is 0 Å². The summed E-state index contributed by atoms with van der Waals surface area (Å²) in [7, 11) is 2.18. The van der Waals surface area contributed by atoms with Crippen LogP contribution in [-0.4, -0.2) is 24.5 Å². The van der Waals surface area contributed by atoms with Crippen LogP contribution in [0, 0.1) is 0 Å². The number of nitrogens with zero attached hydrogens (tertiary/aromatic N) is 1. The quantitative estimate of drug-likeness (QED) is 0.879. The smallest absolute Gasteiger partial charge is 0.0564 e. The zero-order chi connectivity index (χ0) is 13.0. The van der Waals surface area contributed by atoms with Gasteiger partial charge in [-0.15, -0.1) is 22.7 Å². The number of rotatable bonds is 6. The maximum Gasteiger partial charge on any atom is 0.0564 e. The van der Waals surface area contributed by atoms with Gasteiger partial charge >= 0.3 is 0 Å². The van der Waals surface area contributed by atoms with Crippen LogP contribution in [0.1, 0.15) is 22.7 Å². The van der Waals surface area contributed by atoms with Gasteiger partial charge in [0.1, 0.15) is 0 Å². The average Bonchev–Trinajstić information content (AvgIpc) is 3.02. The number of hydrogen-bond donors (Lipinski definition) is 1. The van der Waals surface area contributed by atoms with Crippen LogP contribution in [0.15, 0.2) is 35.0 Å². The van der Waals surface area contributed by atoms with Crippen molar-refractivity contribution in [3.8, 4) is 0 Å². The third-order valence-corrected chi connectivity index (χ3v) is 5.23. The second kappa shape index (κ2) is 6.48. The zero-order valence-electron chi connectivity index (χ0n) is 10.9. The number of thiophene rings is 2. The largest absolute Gasteiger partial charge is 0.329 e. The highest BCUT2D eigenvalue weighted by Gasteiger charge is 2.21. The Labute approximate surface area is 117 Å². The van der Waals surface area contributed by atoms with Crippen molar-refractivity contribution >= 4 is 22.7 Å². The molecule has 2 rings (SSSR count). The van der Waals surface area contributed by atoms with Gasteiger partial charge in [0.25, 0.3) is 0 Å². The summed E-state index contributed by atoms with van der Waals surface area (Å²) in [6, 6.07) is 9.43. The molecule has 2 aromatic rings. The van der Waals surface area contributed by atoms with Gasteiger partial charge in [-0.2, -0.15) is 0 Å². The van der Waals surface area contributed by atoms with Crippen molar-refractivity contribution in [2.45, 2.75) is 25.4 Å². The first-order valence-electron chi connectivity index (χ1n) is 6.20. The van der Waals surface area contributed by atoms with Crippen molar-refractivity contribution in [1.82, 2.24) is 4.90 Å². The maximum absolute atomic E-state index is 5.94. The van der Waals surface area contributed by atoms with Crippen molar-refractivity contribution in [2.24, 2.45) is 5.73 Å². The second-order valence-corrected chi connectivity index (χ2v) is 6.58. The Balaban J connectivity index is 2.02. The molecule has 0 radical (unpaired) electrons. The third kappa shape index (κ3) is 3.20. The molecule has 18 heavy (non-hydrogen) atoms. The zero-order valence-corrected chi connectivity index (χ0v) is 12.5. The SMILES string of the molecule is CC(Cc1cccs1)N(C)C(CN)c1cccs1. The van der Waals surface area contributed by atoms with E-state index in [9.17, 15) is 0 Å². The molecule has 0 spiro atoms. The Morgan fingerprint density at radius 3 is 2.50 bits per heavy atom. The molecule has 0 bridgehead atoms. The van der Waals surface area contributed by atoms with E-state index in [2.05, 4.69) is 53.9 Å². The normalized spacial score (nSPS) is 14.9. The lowest BCUT2D eigenvalue weighted by Gasteiger charge is -2.31. The molecule has 98 valence electrons. The topological polar surface area (TPSA) is 29.3 Å². The molecule has 0 saturated carbocycles. The van der Waals surface area contributed by atoms with Crippen molar-refractivity contribution in [1.29, 1.82) is 0 Å². The molecule has 0 aromatic carbocycles. The van der Waals surface area contributed by atoms with Crippen LogP contribution in [-0.2, 0) is 6.42 Å². The fraction of sp³-hybridized carbons (Fsp3) is 0.429. The molecule has 0 fully saturated rings. The molecule has 0 aliphatic heterocycles. The summed E-state index contributed by atoms with van der Waals surface area (Å²) in [6.45, 7) is 2.95. The first-order valence-corrected chi connectivity index (χ1v) is 7.96. The summed E-state index contributed by atoms with van der Waals surface area (Å²) >= 11 is 3.62. The van der Waals surface area contributed by atoms with Crippen LogP contribution in [0.3, 0.4) is 0 Å². The lowest BCUT2D eigenvalue weighted by Crippen LogP contribution is -2.37. The van der Waals surface area contributed by atoms with Crippen molar-refractivity contribution < 1.29 is 0 Å². The number of likely N-dealkylation sites (N-methyl/N-ethyl adjacent to an activating group) is 1. The number of nitrogens with two attached hydrogens (primary N) is 1. The van der Waals surface area contributed by atoms with Crippen LogP contribution < -0.4 is 5.73 Å². The minimum atomic E-state index is 0.333. The Morgan fingerprint density at radius 1 is 1.22 bits per heavy atom. The highest BCUT2D eigenvalue weighted by atomic mass is 32.1. The van der Waals surface area contributed by atoms with E-state index in [0.717, 1.165) is 6.42 Å². The fourth-order valence-electron chi connectivity index (χ4n) is 2.14. The Morgan fingerprint density at radius 2 is 1.94 bits per heavy atom. The second-order valence-electron chi connectivity index (χ2n) is 4.56. The van der Waals surface area contributed by atoms with Crippen molar-refractivity contribution in [3.05, 3.63) is 44.8 Å². The fourth-order valence-corrected chi connectivity index (χ4v) is 3.85. The standard InChI is InChI=1S/C14H20N2S2/c1-11(9-12-5-3-7-17-12)16(2)13(10-15)14-6-4-8-18-14/h3-8,11,13H,9-10,15H2,1-2H3. The van der Waals surface area contributed by atoms with Gasteiger partial charge in [-0.05, 0) is 43.3 Å². The Hall–Kier alpha value is -0.680. The molecule has 2 unspecified atom stereocenters. The summed E-state index contributed by atoms with van der Waals surface area (Å²) in [5, 5.41) is 4.26. The summed E-state index contributed by atoms with van der Waals surface area (Å²) in [5.41, 5.74) is 5.94. The summed E-state index contributed by atoms with van der Waals surface area (Å²) in [4.78, 5) is 5.19. The van der Waals surface area contributed by atoms with Crippen LogP contribution in [0.25, 0.3) is 0 Å². The van der Waals surface area contributed by atoms with Gasteiger partial charge in [0.2, 0.25) is 0 Å². The maximum atomic E-state index is 5.94. The average molecular weight is 280 g/mol. The lowest BCUT2D eigenvalue weighted by molar-refractivity contribution is 0.191. The lowest BCUT2D eigenvalue weighted by atomic mass is 10.1. The molecular formula is C14H20N2S2. The van der Waals surface area contributed by atoms with Crippen LogP contribution in [0.2, 0.25) is 0 Å². The van der Waals surface area contributed by atoms with Gasteiger partial charge in [-0.25, -0.2) is 0 Å².